The van der Waals surface area contributed by atoms with Crippen LogP contribution in [0.25, 0.3) is 0 Å². The summed E-state index contributed by atoms with van der Waals surface area (Å²) in [6.45, 7) is 5.86. The maximum Gasteiger partial charge on any atom is 0.415 e. The monoisotopic (exact) mass is 312 g/mol. The Morgan fingerprint density at radius 1 is 1.40 bits per heavy atom. The number of rotatable bonds is 5. The summed E-state index contributed by atoms with van der Waals surface area (Å²) < 4.78 is 35.6. The Balaban J connectivity index is 2.08. The van der Waals surface area contributed by atoms with Crippen LogP contribution in [0.15, 0.2) is 0 Å². The fraction of sp³-hybridized carbons (Fsp3) is 0.917. The van der Waals surface area contributed by atoms with Crippen molar-refractivity contribution in [2.45, 2.75) is 51.4 Å². The molecule has 3 atom stereocenters. The Hall–Kier alpha value is -0.440. The molecular weight excluding hydrogens is 294 g/mol. The number of hydrogen-bond donors (Lipinski definition) is 1. The van der Waals surface area contributed by atoms with Crippen LogP contribution in [-0.2, 0) is 18.9 Å². The van der Waals surface area contributed by atoms with Gasteiger partial charge in [0, 0.05) is 10.8 Å². The molecule has 2 bridgehead atoms. The van der Waals surface area contributed by atoms with Crippen molar-refractivity contribution < 1.29 is 32.9 Å². The quantitative estimate of drug-likeness (QED) is 0.363. The van der Waals surface area contributed by atoms with E-state index in [1.165, 1.54) is 0 Å². The van der Waals surface area contributed by atoms with Crippen molar-refractivity contribution >= 4 is 18.0 Å². The van der Waals surface area contributed by atoms with Crippen LogP contribution in [0, 0.1) is 16.7 Å². The molecule has 0 amide bonds. The van der Waals surface area contributed by atoms with Gasteiger partial charge in [-0.3, -0.25) is 0 Å². The van der Waals surface area contributed by atoms with E-state index in [-0.39, 0.29) is 10.8 Å². The smallest absolute Gasteiger partial charge is 0.415 e. The van der Waals surface area contributed by atoms with Crippen molar-refractivity contribution in [3.05, 3.63) is 0 Å². The lowest BCUT2D eigenvalue weighted by atomic mass is 9.70. The molecule has 5 nitrogen and oxygen atoms in total. The normalized spacial score (nSPS) is 35.3. The van der Waals surface area contributed by atoms with Crippen LogP contribution in [0.5, 0.6) is 0 Å². The average molecular weight is 312 g/mol. The predicted molar refractivity (Wildman–Crippen MR) is 66.4 cm³/mol. The van der Waals surface area contributed by atoms with E-state index in [0.29, 0.717) is 5.92 Å². The van der Waals surface area contributed by atoms with Gasteiger partial charge in [0.2, 0.25) is 0 Å². The molecule has 0 aromatic heterocycles. The molecule has 3 unspecified atom stereocenters. The van der Waals surface area contributed by atoms with E-state index in [9.17, 15) is 13.6 Å². The highest BCUT2D eigenvalue weighted by molar-refractivity contribution is 7.96. The summed E-state index contributed by atoms with van der Waals surface area (Å²) in [5.74, 6) is -1.30. The maximum atomic E-state index is 13.4. The van der Waals surface area contributed by atoms with Gasteiger partial charge in [0.05, 0.1) is 0 Å². The fourth-order valence-corrected chi connectivity index (χ4v) is 4.05. The third-order valence-electron chi connectivity index (χ3n) is 4.77. The molecule has 2 fully saturated rings. The summed E-state index contributed by atoms with van der Waals surface area (Å²) in [6, 6.07) is 0. The van der Waals surface area contributed by atoms with E-state index in [1.807, 2.05) is 20.8 Å². The lowest BCUT2D eigenvalue weighted by Crippen LogP contribution is -2.46. The van der Waals surface area contributed by atoms with Gasteiger partial charge < -0.3 is 4.74 Å². The van der Waals surface area contributed by atoms with Crippen LogP contribution >= 0.6 is 12.0 Å². The molecule has 2 aliphatic rings. The Labute approximate surface area is 120 Å². The van der Waals surface area contributed by atoms with E-state index in [1.54, 1.807) is 0 Å². The van der Waals surface area contributed by atoms with E-state index in [2.05, 4.69) is 9.37 Å². The van der Waals surface area contributed by atoms with Crippen molar-refractivity contribution in [2.24, 2.45) is 16.7 Å². The zero-order valence-corrected chi connectivity index (χ0v) is 12.3. The topological polar surface area (TPSA) is 65.0 Å². The summed E-state index contributed by atoms with van der Waals surface area (Å²) in [4.78, 5) is 11.6. The summed E-state index contributed by atoms with van der Waals surface area (Å²) in [6.07, 6.45) is 2.23. The van der Waals surface area contributed by atoms with Crippen molar-refractivity contribution in [1.82, 2.24) is 0 Å². The van der Waals surface area contributed by atoms with Gasteiger partial charge in [0.15, 0.2) is 0 Å². The summed E-state index contributed by atoms with van der Waals surface area (Å²) >= 11 is -0.591. The standard InChI is InChI=1S/C12H18F2O5S/c1-10(2)7-4-5-11(3,6-7)8(10)17-9(15)12(13,14)20-19-18-16/h7-8,16H,4-6H2,1-3H3. The molecule has 8 heteroatoms. The second-order valence-electron chi connectivity index (χ2n) is 6.44. The van der Waals surface area contributed by atoms with Gasteiger partial charge in [0.25, 0.3) is 0 Å². The van der Waals surface area contributed by atoms with Crippen molar-refractivity contribution in [2.75, 3.05) is 0 Å². The number of hydrogen-bond acceptors (Lipinski definition) is 6. The fourth-order valence-electron chi connectivity index (χ4n) is 3.82. The van der Waals surface area contributed by atoms with Gasteiger partial charge in [0.1, 0.15) is 18.1 Å². The minimum Gasteiger partial charge on any atom is -0.456 e. The second kappa shape index (κ2) is 5.08. The van der Waals surface area contributed by atoms with Gasteiger partial charge in [-0.15, -0.1) is 4.33 Å². The molecule has 2 aliphatic carbocycles. The number of halogens is 2. The van der Waals surface area contributed by atoms with Crippen LogP contribution in [0.1, 0.15) is 40.0 Å². The SMILES string of the molecule is CC12CCC(C1)C(C)(C)C2OC(=O)C(F)(F)SOOO. The van der Waals surface area contributed by atoms with Gasteiger partial charge in [-0.1, -0.05) is 25.8 Å². The number of alkyl halides is 2. The first-order valence-corrected chi connectivity index (χ1v) is 7.12. The van der Waals surface area contributed by atoms with Crippen LogP contribution in [0.2, 0.25) is 0 Å². The molecule has 116 valence electrons. The minimum absolute atomic E-state index is 0.251. The molecule has 0 aromatic carbocycles. The predicted octanol–water partition coefficient (Wildman–Crippen LogP) is 3.41. The van der Waals surface area contributed by atoms with Gasteiger partial charge >= 0.3 is 11.2 Å². The highest BCUT2D eigenvalue weighted by Crippen LogP contribution is 2.63. The highest BCUT2D eigenvalue weighted by Gasteiger charge is 2.62. The number of ether oxygens (including phenoxy) is 1. The molecule has 0 saturated heterocycles. The minimum atomic E-state index is -3.93. The Bertz CT molecular complexity index is 399. The van der Waals surface area contributed by atoms with E-state index in [4.69, 9.17) is 9.99 Å². The maximum absolute atomic E-state index is 13.4. The first kappa shape index (κ1) is 15.9. The van der Waals surface area contributed by atoms with Gasteiger partial charge in [-0.05, 0) is 25.2 Å². The third kappa shape index (κ3) is 2.54. The Morgan fingerprint density at radius 2 is 2.05 bits per heavy atom. The van der Waals surface area contributed by atoms with Crippen molar-refractivity contribution in [3.8, 4) is 0 Å². The molecule has 1 N–H and O–H groups in total. The van der Waals surface area contributed by atoms with Crippen LogP contribution in [0.4, 0.5) is 8.78 Å². The zero-order chi connectivity index (χ0) is 15.2. The van der Waals surface area contributed by atoms with E-state index < -0.39 is 29.4 Å². The number of fused-ring (bicyclic) bond motifs is 2. The van der Waals surface area contributed by atoms with Crippen LogP contribution < -0.4 is 0 Å². The number of carbonyl (C=O) groups excluding carboxylic acids is 1. The largest absolute Gasteiger partial charge is 0.456 e. The molecule has 20 heavy (non-hydrogen) atoms. The molecule has 0 aromatic rings. The van der Waals surface area contributed by atoms with Gasteiger partial charge in [-0.25, -0.2) is 10.1 Å². The first-order valence-electron chi connectivity index (χ1n) is 6.38. The first-order chi connectivity index (χ1) is 9.13. The molecule has 0 radical (unpaired) electrons. The lowest BCUT2D eigenvalue weighted by Gasteiger charge is -2.41. The summed E-state index contributed by atoms with van der Waals surface area (Å²) in [5, 5.41) is 7.03. The lowest BCUT2D eigenvalue weighted by molar-refractivity contribution is -0.433. The van der Waals surface area contributed by atoms with E-state index >= 15 is 0 Å². The Morgan fingerprint density at radius 3 is 2.55 bits per heavy atom. The molecule has 0 spiro atoms. The molecule has 0 heterocycles. The zero-order valence-electron chi connectivity index (χ0n) is 11.5. The summed E-state index contributed by atoms with van der Waals surface area (Å²) in [5.41, 5.74) is -0.573. The molecule has 0 aliphatic heterocycles. The van der Waals surface area contributed by atoms with Gasteiger partial charge in [-0.2, -0.15) is 8.78 Å². The average Bonchev–Trinajstić information content (AvgIpc) is 2.83. The van der Waals surface area contributed by atoms with Crippen molar-refractivity contribution in [1.29, 1.82) is 0 Å². The third-order valence-corrected chi connectivity index (χ3v) is 5.27. The number of esters is 1. The molecule has 2 saturated carbocycles. The molecular formula is C12H18F2O5S. The highest BCUT2D eigenvalue weighted by atomic mass is 32.2. The van der Waals surface area contributed by atoms with Crippen LogP contribution in [0.3, 0.4) is 0 Å². The van der Waals surface area contributed by atoms with Crippen LogP contribution in [-0.4, -0.2) is 22.6 Å². The van der Waals surface area contributed by atoms with Crippen molar-refractivity contribution in [3.63, 3.8) is 0 Å². The number of carbonyl (C=O) groups is 1. The summed E-state index contributed by atoms with van der Waals surface area (Å²) in [7, 11) is 0. The second-order valence-corrected chi connectivity index (χ2v) is 7.26. The Kier molecular flexibility index (Phi) is 4.05. The van der Waals surface area contributed by atoms with E-state index in [0.717, 1.165) is 19.3 Å². The molecule has 2 rings (SSSR count).